The van der Waals surface area contributed by atoms with E-state index >= 15 is 0 Å². The van der Waals surface area contributed by atoms with E-state index in [4.69, 9.17) is 5.26 Å². The van der Waals surface area contributed by atoms with E-state index in [-0.39, 0.29) is 18.1 Å². The molecule has 0 bridgehead atoms. The van der Waals surface area contributed by atoms with Crippen LogP contribution in [0, 0.1) is 17.2 Å². The molecule has 1 fully saturated rings. The summed E-state index contributed by atoms with van der Waals surface area (Å²) >= 11 is 2.53. The molecule has 1 atom stereocenters. The molecule has 1 aliphatic rings. The number of thioether (sulfide) groups is 1. The molecule has 0 saturated carbocycles. The molecular formula is C17H14F3N5O2S2. The van der Waals surface area contributed by atoms with E-state index in [0.717, 1.165) is 16.9 Å². The summed E-state index contributed by atoms with van der Waals surface area (Å²) in [5, 5.41) is 19.4. The highest BCUT2D eigenvalue weighted by Gasteiger charge is 2.40. The third-order valence-corrected chi connectivity index (χ3v) is 6.08. The topological polar surface area (TPSA) is 99.0 Å². The average molecular weight is 441 g/mol. The summed E-state index contributed by atoms with van der Waals surface area (Å²) in [5.41, 5.74) is 1.56. The van der Waals surface area contributed by atoms with Gasteiger partial charge in [0.05, 0.1) is 17.6 Å². The van der Waals surface area contributed by atoms with Gasteiger partial charge in [-0.05, 0) is 17.7 Å². The Balaban J connectivity index is 1.51. The number of nitrogens with zero attached hydrogens (tertiary/aromatic N) is 4. The van der Waals surface area contributed by atoms with Gasteiger partial charge in [-0.15, -0.1) is 10.2 Å². The molecule has 2 heterocycles. The number of halogens is 3. The smallest absolute Gasteiger partial charge is 0.333 e. The van der Waals surface area contributed by atoms with Gasteiger partial charge in [-0.25, -0.2) is 0 Å². The SMILES string of the molecule is N#Cc1ccc(CSc2nnc(NC(=O)C3CC(=O)N(CC(F)(F)F)C3)s2)cc1. The second kappa shape index (κ2) is 8.79. The molecule has 152 valence electrons. The van der Waals surface area contributed by atoms with E-state index in [2.05, 4.69) is 15.5 Å². The van der Waals surface area contributed by atoms with Gasteiger partial charge in [0.25, 0.3) is 0 Å². The first-order chi connectivity index (χ1) is 13.7. The normalized spacial score (nSPS) is 16.7. The molecule has 3 rings (SSSR count). The average Bonchev–Trinajstić information content (AvgIpc) is 3.26. The molecular weight excluding hydrogens is 427 g/mol. The monoisotopic (exact) mass is 441 g/mol. The fourth-order valence-electron chi connectivity index (χ4n) is 2.66. The lowest BCUT2D eigenvalue weighted by atomic mass is 10.1. The van der Waals surface area contributed by atoms with Gasteiger partial charge in [0.2, 0.25) is 16.9 Å². The van der Waals surface area contributed by atoms with E-state index in [0.29, 0.717) is 20.6 Å². The first-order valence-corrected chi connectivity index (χ1v) is 10.1. The molecule has 29 heavy (non-hydrogen) atoms. The van der Waals surface area contributed by atoms with Crippen LogP contribution in [-0.4, -0.2) is 46.2 Å². The van der Waals surface area contributed by atoms with Crippen molar-refractivity contribution < 1.29 is 22.8 Å². The summed E-state index contributed by atoms with van der Waals surface area (Å²) in [7, 11) is 0. The van der Waals surface area contributed by atoms with E-state index in [1.165, 1.54) is 11.8 Å². The molecule has 2 amide bonds. The van der Waals surface area contributed by atoms with Gasteiger partial charge in [-0.2, -0.15) is 18.4 Å². The van der Waals surface area contributed by atoms with Crippen LogP contribution in [0.3, 0.4) is 0 Å². The molecule has 1 unspecified atom stereocenters. The van der Waals surface area contributed by atoms with Gasteiger partial charge in [-0.3, -0.25) is 9.59 Å². The lowest BCUT2D eigenvalue weighted by Gasteiger charge is -2.18. The number of hydrogen-bond donors (Lipinski definition) is 1. The van der Waals surface area contributed by atoms with Crippen LogP contribution in [0.15, 0.2) is 28.6 Å². The number of nitriles is 1. The second-order valence-electron chi connectivity index (χ2n) is 6.25. The molecule has 1 N–H and O–H groups in total. The van der Waals surface area contributed by atoms with Crippen molar-refractivity contribution in [2.45, 2.75) is 22.7 Å². The van der Waals surface area contributed by atoms with Crippen molar-refractivity contribution in [1.29, 1.82) is 5.26 Å². The van der Waals surface area contributed by atoms with Crippen LogP contribution in [-0.2, 0) is 15.3 Å². The van der Waals surface area contributed by atoms with E-state index < -0.39 is 30.5 Å². The van der Waals surface area contributed by atoms with Gasteiger partial charge in [0.15, 0.2) is 4.34 Å². The molecule has 12 heteroatoms. The van der Waals surface area contributed by atoms with Crippen molar-refractivity contribution in [2.24, 2.45) is 5.92 Å². The van der Waals surface area contributed by atoms with Crippen molar-refractivity contribution in [2.75, 3.05) is 18.4 Å². The second-order valence-corrected chi connectivity index (χ2v) is 8.45. The third-order valence-electron chi connectivity index (χ3n) is 4.04. The number of alkyl halides is 3. The third kappa shape index (κ3) is 5.91. The zero-order valence-corrected chi connectivity index (χ0v) is 16.4. The van der Waals surface area contributed by atoms with E-state index in [9.17, 15) is 22.8 Å². The molecule has 1 aliphatic heterocycles. The van der Waals surface area contributed by atoms with Crippen molar-refractivity contribution in [3.8, 4) is 6.07 Å². The minimum atomic E-state index is -4.50. The van der Waals surface area contributed by atoms with Crippen LogP contribution in [0.1, 0.15) is 17.5 Å². The molecule has 1 saturated heterocycles. The Kier molecular flexibility index (Phi) is 6.39. The number of anilines is 1. The molecule has 0 radical (unpaired) electrons. The Morgan fingerprint density at radius 3 is 2.72 bits per heavy atom. The fourth-order valence-corrected chi connectivity index (χ4v) is 4.37. The Hall–Kier alpha value is -2.65. The number of hydrogen-bond acceptors (Lipinski definition) is 7. The molecule has 1 aromatic carbocycles. The van der Waals surface area contributed by atoms with Crippen molar-refractivity contribution >= 4 is 40.0 Å². The Morgan fingerprint density at radius 1 is 1.34 bits per heavy atom. The fraction of sp³-hybridized carbons (Fsp3) is 0.353. The molecule has 0 spiro atoms. The Labute approximate surface area is 171 Å². The summed E-state index contributed by atoms with van der Waals surface area (Å²) in [6, 6.07) is 9.14. The van der Waals surface area contributed by atoms with E-state index in [1.54, 1.807) is 12.1 Å². The van der Waals surface area contributed by atoms with Gasteiger partial charge in [0.1, 0.15) is 6.54 Å². The van der Waals surface area contributed by atoms with Gasteiger partial charge >= 0.3 is 6.18 Å². The van der Waals surface area contributed by atoms with Crippen LogP contribution in [0.2, 0.25) is 0 Å². The van der Waals surface area contributed by atoms with Crippen molar-refractivity contribution in [1.82, 2.24) is 15.1 Å². The maximum Gasteiger partial charge on any atom is 0.406 e. The number of nitrogens with one attached hydrogen (secondary N) is 1. The highest BCUT2D eigenvalue weighted by atomic mass is 32.2. The first-order valence-electron chi connectivity index (χ1n) is 8.34. The van der Waals surface area contributed by atoms with Crippen LogP contribution < -0.4 is 5.32 Å². The minimum absolute atomic E-state index is 0.221. The quantitative estimate of drug-likeness (QED) is 0.547. The standard InChI is InChI=1S/C17H14F3N5O2S2/c18-17(19,20)9-25-7-12(5-13(25)26)14(27)22-15-23-24-16(29-15)28-8-11-3-1-10(6-21)2-4-11/h1-4,12H,5,7-9H2,(H,22,23,27). The van der Waals surface area contributed by atoms with Crippen LogP contribution in [0.4, 0.5) is 18.3 Å². The molecule has 7 nitrogen and oxygen atoms in total. The Bertz CT molecular complexity index is 940. The number of carbonyl (C=O) groups excluding carboxylic acids is 2. The lowest BCUT2D eigenvalue weighted by molar-refractivity contribution is -0.157. The maximum absolute atomic E-state index is 12.5. The van der Waals surface area contributed by atoms with Crippen LogP contribution in [0.25, 0.3) is 0 Å². The molecule has 1 aromatic heterocycles. The Morgan fingerprint density at radius 2 is 2.07 bits per heavy atom. The summed E-state index contributed by atoms with van der Waals surface area (Å²) in [5.74, 6) is -1.51. The minimum Gasteiger partial charge on any atom is -0.333 e. The number of likely N-dealkylation sites (tertiary alicyclic amines) is 1. The maximum atomic E-state index is 12.5. The number of carbonyl (C=O) groups is 2. The van der Waals surface area contributed by atoms with Crippen molar-refractivity contribution in [3.63, 3.8) is 0 Å². The zero-order valence-electron chi connectivity index (χ0n) is 14.8. The highest BCUT2D eigenvalue weighted by molar-refractivity contribution is 8.00. The van der Waals surface area contributed by atoms with Crippen LogP contribution >= 0.6 is 23.1 Å². The summed E-state index contributed by atoms with van der Waals surface area (Å²) in [6.45, 7) is -1.63. The predicted molar refractivity (Wildman–Crippen MR) is 100.0 cm³/mol. The predicted octanol–water partition coefficient (Wildman–Crippen LogP) is 3.05. The first kappa shape index (κ1) is 21.1. The van der Waals surface area contributed by atoms with E-state index in [1.807, 2.05) is 18.2 Å². The van der Waals surface area contributed by atoms with Gasteiger partial charge < -0.3 is 10.2 Å². The number of benzene rings is 1. The van der Waals surface area contributed by atoms with Crippen LogP contribution in [0.5, 0.6) is 0 Å². The number of rotatable bonds is 6. The highest BCUT2D eigenvalue weighted by Crippen LogP contribution is 2.30. The lowest BCUT2D eigenvalue weighted by Crippen LogP contribution is -2.36. The van der Waals surface area contributed by atoms with Crippen molar-refractivity contribution in [3.05, 3.63) is 35.4 Å². The number of amides is 2. The largest absolute Gasteiger partial charge is 0.406 e. The summed E-state index contributed by atoms with van der Waals surface area (Å²) in [6.07, 6.45) is -4.76. The van der Waals surface area contributed by atoms with Gasteiger partial charge in [0, 0.05) is 18.7 Å². The molecule has 2 aromatic rings. The number of aromatic nitrogens is 2. The zero-order chi connectivity index (χ0) is 21.0. The summed E-state index contributed by atoms with van der Waals surface area (Å²) in [4.78, 5) is 24.6. The molecule has 0 aliphatic carbocycles. The summed E-state index contributed by atoms with van der Waals surface area (Å²) < 4.78 is 38.0. The van der Waals surface area contributed by atoms with Gasteiger partial charge in [-0.1, -0.05) is 35.2 Å².